The van der Waals surface area contributed by atoms with Crippen LogP contribution in [-0.2, 0) is 6.42 Å². The van der Waals surface area contributed by atoms with E-state index in [4.69, 9.17) is 17.3 Å². The maximum absolute atomic E-state index is 10.9. The third-order valence-electron chi connectivity index (χ3n) is 9.82. The van der Waals surface area contributed by atoms with Gasteiger partial charge in [0.15, 0.2) is 0 Å². The van der Waals surface area contributed by atoms with Crippen LogP contribution < -0.4 is 16.4 Å². The van der Waals surface area contributed by atoms with Crippen LogP contribution in [-0.4, -0.2) is 77.8 Å². The van der Waals surface area contributed by atoms with Gasteiger partial charge in [-0.15, -0.1) is 4.91 Å². The quantitative estimate of drug-likeness (QED) is 0.146. The SMILES string of the molecule is C1CCN(C2CCNCC2)CC1.CC.CC.CC/C=C1\NC2=C(CCC=C2)N1C1CCN(N(CC)N=O)CC1.CCc1cc(C)cc(Cl)c1N. The third kappa shape index (κ3) is 12.9. The number of nitrogen functional groups attached to an aromatic ring is 1. The number of anilines is 1. The van der Waals surface area contributed by atoms with Gasteiger partial charge in [-0.3, -0.25) is 0 Å². The molecular weight excluding hydrogens is 644 g/mol. The first-order valence-corrected chi connectivity index (χ1v) is 20.3. The number of nitrogens with one attached hydrogen (secondary N) is 2. The van der Waals surface area contributed by atoms with Crippen LogP contribution in [0.25, 0.3) is 0 Å². The predicted molar refractivity (Wildman–Crippen MR) is 216 cm³/mol. The van der Waals surface area contributed by atoms with Crippen molar-refractivity contribution in [2.45, 2.75) is 138 Å². The van der Waals surface area contributed by atoms with E-state index in [2.05, 4.69) is 68.9 Å². The number of rotatable bonds is 7. The fourth-order valence-electron chi connectivity index (χ4n) is 7.34. The van der Waals surface area contributed by atoms with Gasteiger partial charge in [-0.25, -0.2) is 5.01 Å². The molecule has 1 aromatic carbocycles. The van der Waals surface area contributed by atoms with E-state index in [0.717, 1.165) is 68.9 Å². The minimum absolute atomic E-state index is 0.501. The lowest BCUT2D eigenvalue weighted by atomic mass is 10.0. The van der Waals surface area contributed by atoms with Crippen molar-refractivity contribution in [2.75, 3.05) is 51.5 Å². The number of aryl methyl sites for hydroxylation is 2. The maximum Gasteiger partial charge on any atom is 0.106 e. The van der Waals surface area contributed by atoms with Crippen LogP contribution in [0.4, 0.5) is 5.69 Å². The molecule has 50 heavy (non-hydrogen) atoms. The van der Waals surface area contributed by atoms with Crippen LogP contribution in [0.2, 0.25) is 5.02 Å². The first kappa shape index (κ1) is 43.6. The molecule has 10 heteroatoms. The number of nitroso groups, excluding NO2 is 1. The van der Waals surface area contributed by atoms with Gasteiger partial charge in [0.2, 0.25) is 0 Å². The van der Waals surface area contributed by atoms with Crippen molar-refractivity contribution in [3.63, 3.8) is 0 Å². The minimum Gasteiger partial charge on any atom is -0.397 e. The Labute approximate surface area is 310 Å². The highest BCUT2D eigenvalue weighted by Crippen LogP contribution is 2.35. The Morgan fingerprint density at radius 3 is 2.20 bits per heavy atom. The zero-order valence-electron chi connectivity index (χ0n) is 32.9. The first-order chi connectivity index (χ1) is 24.4. The zero-order chi connectivity index (χ0) is 36.9. The summed E-state index contributed by atoms with van der Waals surface area (Å²) in [5.74, 6) is 1.24. The molecule has 0 aromatic heterocycles. The van der Waals surface area contributed by atoms with Gasteiger partial charge in [-0.2, -0.15) is 5.12 Å². The number of benzene rings is 1. The standard InChI is InChI=1S/C17H27N5O.C10H20N2.C9H12ClN.2C2H6/c1-3-7-17-18-15-8-5-6-9-16(15)22(17)14-10-12-20(13-11-14)21(4-2)19-23;1-2-8-12(9-3-1)10-4-6-11-7-5-10;1-3-7-4-6(2)5-8(10)9(7)11;2*1-2/h5,7-8,14,18H,3-4,6,9-13H2,1-2H3;10-11H,1-9H2;4-5H,3,11H2,1-2H3;2*1-2H3/b17-7+;;;;. The van der Waals surface area contributed by atoms with Crippen molar-refractivity contribution in [1.82, 2.24) is 30.6 Å². The molecule has 0 spiro atoms. The molecule has 0 amide bonds. The van der Waals surface area contributed by atoms with Crippen molar-refractivity contribution in [2.24, 2.45) is 5.29 Å². The van der Waals surface area contributed by atoms with E-state index in [9.17, 15) is 4.91 Å². The molecule has 4 N–H and O–H groups in total. The lowest BCUT2D eigenvalue weighted by Gasteiger charge is -2.40. The van der Waals surface area contributed by atoms with E-state index in [-0.39, 0.29) is 0 Å². The molecule has 1 aromatic rings. The number of nitrogens with zero attached hydrogens (tertiary/aromatic N) is 5. The Hall–Kier alpha value is -2.59. The highest BCUT2D eigenvalue weighted by Gasteiger charge is 2.35. The average molecular weight is 716 g/mol. The largest absolute Gasteiger partial charge is 0.397 e. The Morgan fingerprint density at radius 1 is 0.960 bits per heavy atom. The van der Waals surface area contributed by atoms with Crippen LogP contribution in [0.5, 0.6) is 0 Å². The number of hydrogen-bond donors (Lipinski definition) is 3. The van der Waals surface area contributed by atoms with Crippen LogP contribution >= 0.6 is 11.6 Å². The van der Waals surface area contributed by atoms with Gasteiger partial charge in [-0.05, 0) is 134 Å². The molecule has 1 aliphatic carbocycles. The van der Waals surface area contributed by atoms with Crippen LogP contribution in [0.3, 0.4) is 0 Å². The maximum atomic E-state index is 10.9. The van der Waals surface area contributed by atoms with E-state index >= 15 is 0 Å². The first-order valence-electron chi connectivity index (χ1n) is 19.9. The van der Waals surface area contributed by atoms with Crippen molar-refractivity contribution < 1.29 is 0 Å². The molecule has 9 nitrogen and oxygen atoms in total. The second-order valence-corrected chi connectivity index (χ2v) is 13.4. The average Bonchev–Trinajstić information content (AvgIpc) is 3.55. The predicted octanol–water partition coefficient (Wildman–Crippen LogP) is 9.16. The third-order valence-corrected chi connectivity index (χ3v) is 10.1. The summed E-state index contributed by atoms with van der Waals surface area (Å²) in [6.45, 7) is 23.9. The molecule has 6 rings (SSSR count). The number of hydrazine groups is 1. The summed E-state index contributed by atoms with van der Waals surface area (Å²) in [6, 6.07) is 5.37. The highest BCUT2D eigenvalue weighted by atomic mass is 35.5. The molecule has 4 heterocycles. The molecule has 284 valence electrons. The highest BCUT2D eigenvalue weighted by molar-refractivity contribution is 6.33. The van der Waals surface area contributed by atoms with Crippen molar-refractivity contribution >= 4 is 17.3 Å². The molecule has 0 unspecified atom stereocenters. The second kappa shape index (κ2) is 24.6. The Kier molecular flexibility index (Phi) is 21.4. The molecule has 0 atom stereocenters. The lowest BCUT2D eigenvalue weighted by Crippen LogP contribution is -2.49. The van der Waals surface area contributed by atoms with Gasteiger partial charge in [0.25, 0.3) is 0 Å². The number of piperidine rings is 3. The van der Waals surface area contributed by atoms with E-state index in [1.165, 1.54) is 81.1 Å². The molecule has 3 fully saturated rings. The zero-order valence-corrected chi connectivity index (χ0v) is 33.6. The lowest BCUT2D eigenvalue weighted by molar-refractivity contribution is -0.0479. The summed E-state index contributed by atoms with van der Waals surface area (Å²) in [4.78, 5) is 16.1. The summed E-state index contributed by atoms with van der Waals surface area (Å²) < 4.78 is 0. The Bertz CT molecular complexity index is 1180. The van der Waals surface area contributed by atoms with Gasteiger partial charge < -0.3 is 26.2 Å². The monoisotopic (exact) mass is 715 g/mol. The van der Waals surface area contributed by atoms with Gasteiger partial charge in [0.05, 0.1) is 28.2 Å². The molecular formula is C40H71ClN8O. The Morgan fingerprint density at radius 2 is 1.62 bits per heavy atom. The van der Waals surface area contributed by atoms with Crippen LogP contribution in [0.15, 0.2) is 52.9 Å². The van der Waals surface area contributed by atoms with E-state index in [0.29, 0.717) is 17.6 Å². The van der Waals surface area contributed by atoms with Gasteiger partial charge >= 0.3 is 0 Å². The van der Waals surface area contributed by atoms with E-state index in [1.807, 2.05) is 47.6 Å². The summed E-state index contributed by atoms with van der Waals surface area (Å²) in [6.07, 6.45) is 20.1. The molecule has 4 aliphatic heterocycles. The summed E-state index contributed by atoms with van der Waals surface area (Å²) in [5.41, 5.74) is 11.5. The number of allylic oxidation sites excluding steroid dienone is 4. The molecule has 5 aliphatic rings. The Balaban J connectivity index is 0.000000271. The number of likely N-dealkylation sites (tertiary alicyclic amines) is 1. The molecule has 0 bridgehead atoms. The number of hydrogen-bond acceptors (Lipinski definition) is 8. The topological polar surface area (TPSA) is 92.5 Å². The minimum atomic E-state index is 0.501. The van der Waals surface area contributed by atoms with Crippen LogP contribution in [0.1, 0.15) is 124 Å². The molecule has 0 radical (unpaired) electrons. The fourth-order valence-corrected chi connectivity index (χ4v) is 7.64. The van der Waals surface area contributed by atoms with Gasteiger partial charge in [-0.1, -0.05) is 71.7 Å². The van der Waals surface area contributed by atoms with E-state index < -0.39 is 0 Å². The number of nitrogens with two attached hydrogens (primary N) is 1. The van der Waals surface area contributed by atoms with Crippen molar-refractivity contribution in [3.05, 3.63) is 68.6 Å². The number of halogens is 1. The van der Waals surface area contributed by atoms with Crippen LogP contribution in [0, 0.1) is 11.8 Å². The van der Waals surface area contributed by atoms with Crippen molar-refractivity contribution in [3.8, 4) is 0 Å². The summed E-state index contributed by atoms with van der Waals surface area (Å²) in [7, 11) is 0. The van der Waals surface area contributed by atoms with Gasteiger partial charge in [0.1, 0.15) is 5.82 Å². The second-order valence-electron chi connectivity index (χ2n) is 13.0. The molecule has 3 saturated heterocycles. The summed E-state index contributed by atoms with van der Waals surface area (Å²) in [5, 5.41) is 14.4. The van der Waals surface area contributed by atoms with Crippen molar-refractivity contribution in [1.29, 1.82) is 0 Å². The summed E-state index contributed by atoms with van der Waals surface area (Å²) >= 11 is 5.87. The van der Waals surface area contributed by atoms with Gasteiger partial charge in [0, 0.05) is 30.9 Å². The van der Waals surface area contributed by atoms with E-state index in [1.54, 1.807) is 5.12 Å². The molecule has 0 saturated carbocycles. The normalized spacial score (nSPS) is 20.5. The fraction of sp³-hybridized carbons (Fsp3) is 0.700. The smallest absolute Gasteiger partial charge is 0.106 e.